The average Bonchev–Trinajstić information content (AvgIpc) is 3.30. The number of amides is 1. The number of carbonyl (C=O) groups is 1. The summed E-state index contributed by atoms with van der Waals surface area (Å²) < 4.78 is 0. The molecule has 2 N–H and O–H groups in total. The first-order valence-corrected chi connectivity index (χ1v) is 7.96. The molecule has 2 fully saturated rings. The fraction of sp³-hybridized carbons (Fsp3) is 0.588. The van der Waals surface area contributed by atoms with E-state index >= 15 is 0 Å². The Bertz CT molecular complexity index is 462. The zero-order chi connectivity index (χ0) is 13.8. The first kappa shape index (κ1) is 13.5. The highest BCUT2D eigenvalue weighted by atomic mass is 16.1. The predicted octanol–water partition coefficient (Wildman–Crippen LogP) is 3.57. The van der Waals surface area contributed by atoms with Crippen molar-refractivity contribution in [3.63, 3.8) is 0 Å². The van der Waals surface area contributed by atoms with Gasteiger partial charge < -0.3 is 10.6 Å². The molecule has 2 saturated carbocycles. The number of rotatable bonds is 5. The van der Waals surface area contributed by atoms with E-state index in [2.05, 4.69) is 16.7 Å². The van der Waals surface area contributed by atoms with Crippen LogP contribution in [-0.4, -0.2) is 18.5 Å². The van der Waals surface area contributed by atoms with E-state index in [1.54, 1.807) is 0 Å². The Morgan fingerprint density at radius 1 is 1.10 bits per heavy atom. The topological polar surface area (TPSA) is 41.1 Å². The Hall–Kier alpha value is -1.51. The number of anilines is 1. The maximum Gasteiger partial charge on any atom is 0.251 e. The normalized spacial score (nSPS) is 19.6. The van der Waals surface area contributed by atoms with Crippen molar-refractivity contribution >= 4 is 11.6 Å². The lowest BCUT2D eigenvalue weighted by Gasteiger charge is -2.22. The maximum atomic E-state index is 12.0. The van der Waals surface area contributed by atoms with E-state index in [0.29, 0.717) is 6.04 Å². The van der Waals surface area contributed by atoms with E-state index in [9.17, 15) is 4.79 Å². The summed E-state index contributed by atoms with van der Waals surface area (Å²) >= 11 is 0. The van der Waals surface area contributed by atoms with Crippen molar-refractivity contribution in [1.82, 2.24) is 5.32 Å². The standard InChI is InChI=1S/C17H24N2O/c20-17(19-15-9-10-15)14-7-4-8-16(11-14)18-12-13-5-2-1-3-6-13/h4,7-8,11,13,15,18H,1-3,5-6,9-10,12H2,(H,19,20). The van der Waals surface area contributed by atoms with Crippen LogP contribution >= 0.6 is 0 Å². The third-order valence-electron chi connectivity index (χ3n) is 4.36. The molecule has 20 heavy (non-hydrogen) atoms. The molecule has 0 saturated heterocycles. The third kappa shape index (κ3) is 3.75. The van der Waals surface area contributed by atoms with Crippen molar-refractivity contribution < 1.29 is 4.79 Å². The van der Waals surface area contributed by atoms with Gasteiger partial charge in [-0.1, -0.05) is 25.3 Å². The Morgan fingerprint density at radius 3 is 2.65 bits per heavy atom. The van der Waals surface area contributed by atoms with Crippen molar-refractivity contribution in [2.24, 2.45) is 5.92 Å². The second-order valence-electron chi connectivity index (χ2n) is 6.21. The van der Waals surface area contributed by atoms with Gasteiger partial charge in [-0.25, -0.2) is 0 Å². The van der Waals surface area contributed by atoms with Crippen molar-refractivity contribution in [1.29, 1.82) is 0 Å². The average molecular weight is 272 g/mol. The molecule has 1 aromatic rings. The Labute approximate surface area is 121 Å². The largest absolute Gasteiger partial charge is 0.385 e. The molecule has 3 heteroatoms. The first-order chi connectivity index (χ1) is 9.81. The van der Waals surface area contributed by atoms with E-state index in [-0.39, 0.29) is 5.91 Å². The van der Waals surface area contributed by atoms with E-state index in [1.165, 1.54) is 32.1 Å². The van der Waals surface area contributed by atoms with Crippen LogP contribution in [0, 0.1) is 5.92 Å². The van der Waals surface area contributed by atoms with Gasteiger partial charge in [0.15, 0.2) is 0 Å². The zero-order valence-corrected chi connectivity index (χ0v) is 12.0. The SMILES string of the molecule is O=C(NC1CC1)c1cccc(NCC2CCCCC2)c1. The van der Waals surface area contributed by atoms with Crippen molar-refractivity contribution in [2.75, 3.05) is 11.9 Å². The van der Waals surface area contributed by atoms with Gasteiger partial charge in [-0.05, 0) is 49.8 Å². The molecule has 0 atom stereocenters. The highest BCUT2D eigenvalue weighted by Crippen LogP contribution is 2.24. The van der Waals surface area contributed by atoms with Crippen LogP contribution < -0.4 is 10.6 Å². The quantitative estimate of drug-likeness (QED) is 0.860. The van der Waals surface area contributed by atoms with Crippen LogP contribution in [0.2, 0.25) is 0 Å². The van der Waals surface area contributed by atoms with Gasteiger partial charge in [0.25, 0.3) is 5.91 Å². The fourth-order valence-electron chi connectivity index (χ4n) is 2.92. The van der Waals surface area contributed by atoms with Gasteiger partial charge in [-0.3, -0.25) is 4.79 Å². The van der Waals surface area contributed by atoms with Gasteiger partial charge in [-0.2, -0.15) is 0 Å². The number of hydrogen-bond acceptors (Lipinski definition) is 2. The molecule has 0 aromatic heterocycles. The van der Waals surface area contributed by atoms with Gasteiger partial charge in [0.05, 0.1) is 0 Å². The number of carbonyl (C=O) groups excluding carboxylic acids is 1. The summed E-state index contributed by atoms with van der Waals surface area (Å²) in [7, 11) is 0. The van der Waals surface area contributed by atoms with Crippen LogP contribution in [0.5, 0.6) is 0 Å². The fourth-order valence-corrected chi connectivity index (χ4v) is 2.92. The van der Waals surface area contributed by atoms with Crippen LogP contribution in [0.4, 0.5) is 5.69 Å². The summed E-state index contributed by atoms with van der Waals surface area (Å²) in [6.07, 6.45) is 9.08. The van der Waals surface area contributed by atoms with Crippen LogP contribution in [0.15, 0.2) is 24.3 Å². The minimum Gasteiger partial charge on any atom is -0.385 e. The van der Waals surface area contributed by atoms with E-state index in [4.69, 9.17) is 0 Å². The van der Waals surface area contributed by atoms with E-state index < -0.39 is 0 Å². The smallest absolute Gasteiger partial charge is 0.251 e. The Kier molecular flexibility index (Phi) is 4.24. The molecular weight excluding hydrogens is 248 g/mol. The lowest BCUT2D eigenvalue weighted by Crippen LogP contribution is -2.25. The second kappa shape index (κ2) is 6.29. The molecule has 3 rings (SSSR count). The Morgan fingerprint density at radius 2 is 1.90 bits per heavy atom. The van der Waals surface area contributed by atoms with Gasteiger partial charge in [-0.15, -0.1) is 0 Å². The molecule has 1 aromatic carbocycles. The molecule has 1 amide bonds. The molecular formula is C17H24N2O. The summed E-state index contributed by atoms with van der Waals surface area (Å²) in [5.74, 6) is 0.863. The summed E-state index contributed by atoms with van der Waals surface area (Å²) in [4.78, 5) is 12.0. The van der Waals surface area contributed by atoms with Crippen molar-refractivity contribution in [3.8, 4) is 0 Å². The summed E-state index contributed by atoms with van der Waals surface area (Å²) in [6, 6.07) is 8.30. The molecule has 0 spiro atoms. The molecule has 3 nitrogen and oxygen atoms in total. The number of hydrogen-bond donors (Lipinski definition) is 2. The highest BCUT2D eigenvalue weighted by Gasteiger charge is 2.23. The molecule has 0 radical (unpaired) electrons. The first-order valence-electron chi connectivity index (χ1n) is 7.96. The molecule has 2 aliphatic carbocycles. The molecule has 2 aliphatic rings. The lowest BCUT2D eigenvalue weighted by atomic mass is 9.89. The van der Waals surface area contributed by atoms with Crippen LogP contribution in [-0.2, 0) is 0 Å². The zero-order valence-electron chi connectivity index (χ0n) is 12.0. The Balaban J connectivity index is 1.54. The van der Waals surface area contributed by atoms with Gasteiger partial charge in [0.1, 0.15) is 0 Å². The van der Waals surface area contributed by atoms with Gasteiger partial charge in [0, 0.05) is 23.8 Å². The van der Waals surface area contributed by atoms with Crippen LogP contribution in [0.25, 0.3) is 0 Å². The number of nitrogens with one attached hydrogen (secondary N) is 2. The molecule has 0 bridgehead atoms. The lowest BCUT2D eigenvalue weighted by molar-refractivity contribution is 0.0951. The maximum absolute atomic E-state index is 12.0. The monoisotopic (exact) mass is 272 g/mol. The van der Waals surface area contributed by atoms with Crippen molar-refractivity contribution in [3.05, 3.63) is 29.8 Å². The number of benzene rings is 1. The highest BCUT2D eigenvalue weighted by molar-refractivity contribution is 5.95. The van der Waals surface area contributed by atoms with Crippen LogP contribution in [0.1, 0.15) is 55.3 Å². The molecule has 108 valence electrons. The summed E-state index contributed by atoms with van der Waals surface area (Å²) in [5, 5.41) is 6.53. The minimum atomic E-state index is 0.0637. The molecule has 0 aliphatic heterocycles. The second-order valence-corrected chi connectivity index (χ2v) is 6.21. The van der Waals surface area contributed by atoms with E-state index in [0.717, 1.165) is 36.6 Å². The molecule has 0 heterocycles. The molecule has 0 unspecified atom stereocenters. The predicted molar refractivity (Wildman–Crippen MR) is 82.0 cm³/mol. The van der Waals surface area contributed by atoms with Gasteiger partial charge in [0.2, 0.25) is 0 Å². The summed E-state index contributed by atoms with van der Waals surface area (Å²) in [5.41, 5.74) is 1.84. The minimum absolute atomic E-state index is 0.0637. The third-order valence-corrected chi connectivity index (χ3v) is 4.36. The van der Waals surface area contributed by atoms with Crippen LogP contribution in [0.3, 0.4) is 0 Å². The van der Waals surface area contributed by atoms with Gasteiger partial charge >= 0.3 is 0 Å². The van der Waals surface area contributed by atoms with Crippen molar-refractivity contribution in [2.45, 2.75) is 51.0 Å². The summed E-state index contributed by atoms with van der Waals surface area (Å²) in [6.45, 7) is 1.04. The van der Waals surface area contributed by atoms with E-state index in [1.807, 2.05) is 18.2 Å².